The zero-order valence-corrected chi connectivity index (χ0v) is 21.2. The quantitative estimate of drug-likeness (QED) is 0.298. The molecule has 10 heteroatoms. The maximum absolute atomic E-state index is 13.0. The van der Waals surface area contributed by atoms with Gasteiger partial charge in [-0.15, -0.1) is 0 Å². The molecule has 3 aromatic heterocycles. The molecule has 0 saturated carbocycles. The third-order valence-corrected chi connectivity index (χ3v) is 7.00. The van der Waals surface area contributed by atoms with Crippen LogP contribution < -0.4 is 15.9 Å². The van der Waals surface area contributed by atoms with Crippen molar-refractivity contribution in [1.82, 2.24) is 24.3 Å². The SMILES string of the molecule is C[C@@H]1COCCN1c1cc(-c2ccc(-n3c(=O)n(C)c4ccccc43)cc2)c(C=N)c(Nc2ccn[nH]2)n1. The number of imidazole rings is 1. The molecule has 1 saturated heterocycles. The van der Waals surface area contributed by atoms with Crippen molar-refractivity contribution >= 4 is 34.7 Å². The largest absolute Gasteiger partial charge is 0.377 e. The smallest absolute Gasteiger partial charge is 0.333 e. The topological polar surface area (TPSA) is 117 Å². The summed E-state index contributed by atoms with van der Waals surface area (Å²) in [4.78, 5) is 20.2. The van der Waals surface area contributed by atoms with Crippen LogP contribution in [0.25, 0.3) is 27.8 Å². The van der Waals surface area contributed by atoms with Crippen LogP contribution in [0.3, 0.4) is 0 Å². The van der Waals surface area contributed by atoms with E-state index in [1.807, 2.05) is 60.7 Å². The molecule has 0 amide bonds. The normalized spacial score (nSPS) is 15.6. The number of para-hydroxylation sites is 2. The molecular formula is C28H28N8O2. The number of pyridine rings is 1. The molecule has 1 fully saturated rings. The standard InChI is InChI=1S/C28H28N8O2/c1-18-17-38-14-13-35(18)26-15-21(22(16-29)27(32-26)31-25-11-12-30-33-25)19-7-9-20(10-8-19)36-24-6-4-3-5-23(24)34(2)28(36)37/h3-12,15-16,18,29H,13-14,17H2,1-2H3,(H2,30,31,32,33)/t18-/m1/s1. The summed E-state index contributed by atoms with van der Waals surface area (Å²) >= 11 is 0. The fraction of sp³-hybridized carbons (Fsp3) is 0.214. The Morgan fingerprint density at radius 3 is 2.63 bits per heavy atom. The van der Waals surface area contributed by atoms with Crippen LogP contribution in [0.15, 0.2) is 71.7 Å². The van der Waals surface area contributed by atoms with Gasteiger partial charge in [-0.05, 0) is 48.4 Å². The van der Waals surface area contributed by atoms with Crippen LogP contribution in [-0.4, -0.2) is 56.3 Å². The van der Waals surface area contributed by atoms with E-state index in [-0.39, 0.29) is 11.7 Å². The van der Waals surface area contributed by atoms with Crippen molar-refractivity contribution in [3.63, 3.8) is 0 Å². The second-order valence-corrected chi connectivity index (χ2v) is 9.36. The first kappa shape index (κ1) is 23.7. The number of anilines is 3. The molecular weight excluding hydrogens is 480 g/mol. The van der Waals surface area contributed by atoms with Crippen LogP contribution in [0.1, 0.15) is 12.5 Å². The number of fused-ring (bicyclic) bond motifs is 1. The molecule has 0 unspecified atom stereocenters. The Bertz CT molecular complexity index is 1670. The monoisotopic (exact) mass is 508 g/mol. The number of aryl methyl sites for hydroxylation is 1. The second-order valence-electron chi connectivity index (χ2n) is 9.36. The number of nitrogens with one attached hydrogen (secondary N) is 3. The van der Waals surface area contributed by atoms with Crippen LogP contribution >= 0.6 is 0 Å². The van der Waals surface area contributed by atoms with Gasteiger partial charge in [0.1, 0.15) is 17.5 Å². The van der Waals surface area contributed by atoms with Gasteiger partial charge in [0.05, 0.1) is 42.2 Å². The lowest BCUT2D eigenvalue weighted by atomic mass is 10.00. The van der Waals surface area contributed by atoms with Gasteiger partial charge in [-0.3, -0.25) is 14.2 Å². The first-order chi connectivity index (χ1) is 18.5. The van der Waals surface area contributed by atoms with Crippen LogP contribution in [-0.2, 0) is 11.8 Å². The summed E-state index contributed by atoms with van der Waals surface area (Å²) in [6.45, 7) is 4.10. The summed E-state index contributed by atoms with van der Waals surface area (Å²) in [7, 11) is 1.78. The Morgan fingerprint density at radius 2 is 1.92 bits per heavy atom. The highest BCUT2D eigenvalue weighted by Gasteiger charge is 2.23. The fourth-order valence-corrected chi connectivity index (χ4v) is 5.02. The minimum atomic E-state index is -0.0994. The van der Waals surface area contributed by atoms with E-state index in [0.29, 0.717) is 30.4 Å². The molecule has 4 heterocycles. The average Bonchev–Trinajstić information content (AvgIpc) is 3.55. The molecule has 1 atom stereocenters. The Labute approximate surface area is 219 Å². The van der Waals surface area contributed by atoms with Gasteiger partial charge in [0.15, 0.2) is 0 Å². The predicted molar refractivity (Wildman–Crippen MR) is 149 cm³/mol. The number of rotatable bonds is 6. The van der Waals surface area contributed by atoms with Gasteiger partial charge in [-0.2, -0.15) is 5.10 Å². The molecule has 1 aliphatic heterocycles. The maximum Gasteiger partial charge on any atom is 0.333 e. The van der Waals surface area contributed by atoms with Gasteiger partial charge in [-0.1, -0.05) is 24.3 Å². The Morgan fingerprint density at radius 1 is 1.13 bits per heavy atom. The summed E-state index contributed by atoms with van der Waals surface area (Å²) in [5.41, 5.74) is 4.84. The van der Waals surface area contributed by atoms with Crippen molar-refractivity contribution in [3.05, 3.63) is 82.9 Å². The summed E-state index contributed by atoms with van der Waals surface area (Å²) in [5, 5.41) is 18.5. The van der Waals surface area contributed by atoms with Gasteiger partial charge in [-0.25, -0.2) is 9.78 Å². The van der Waals surface area contributed by atoms with E-state index >= 15 is 0 Å². The van der Waals surface area contributed by atoms with E-state index in [4.69, 9.17) is 15.1 Å². The highest BCUT2D eigenvalue weighted by atomic mass is 16.5. The van der Waals surface area contributed by atoms with Gasteiger partial charge >= 0.3 is 5.69 Å². The third kappa shape index (κ3) is 4.04. The highest BCUT2D eigenvalue weighted by molar-refractivity contribution is 5.96. The van der Waals surface area contributed by atoms with Crippen molar-refractivity contribution in [1.29, 1.82) is 5.41 Å². The molecule has 3 N–H and O–H groups in total. The first-order valence-electron chi connectivity index (χ1n) is 12.5. The van der Waals surface area contributed by atoms with E-state index in [0.717, 1.165) is 40.2 Å². The Kier molecular flexibility index (Phi) is 6.01. The van der Waals surface area contributed by atoms with E-state index in [2.05, 4.69) is 27.3 Å². The van der Waals surface area contributed by atoms with Crippen LogP contribution in [0.4, 0.5) is 17.5 Å². The third-order valence-electron chi connectivity index (χ3n) is 7.00. The number of ether oxygens (including phenoxy) is 1. The molecule has 0 aliphatic carbocycles. The molecule has 0 spiro atoms. The molecule has 10 nitrogen and oxygen atoms in total. The number of H-pyrrole nitrogens is 1. The number of hydrogen-bond acceptors (Lipinski definition) is 7. The number of nitrogens with zero attached hydrogens (tertiary/aromatic N) is 5. The molecule has 6 rings (SSSR count). The number of aromatic nitrogens is 5. The highest BCUT2D eigenvalue weighted by Crippen LogP contribution is 2.34. The van der Waals surface area contributed by atoms with Gasteiger partial charge < -0.3 is 20.4 Å². The maximum atomic E-state index is 13.0. The summed E-state index contributed by atoms with van der Waals surface area (Å²) in [6.07, 6.45) is 2.98. The lowest BCUT2D eigenvalue weighted by Gasteiger charge is -2.35. The number of morpholine rings is 1. The zero-order valence-electron chi connectivity index (χ0n) is 21.2. The number of aromatic amines is 1. The van der Waals surface area contributed by atoms with Gasteiger partial charge in [0.25, 0.3) is 0 Å². The molecule has 0 bridgehead atoms. The van der Waals surface area contributed by atoms with Crippen molar-refractivity contribution in [2.24, 2.45) is 7.05 Å². The van der Waals surface area contributed by atoms with Gasteiger partial charge in [0.2, 0.25) is 0 Å². The van der Waals surface area contributed by atoms with Crippen LogP contribution in [0.5, 0.6) is 0 Å². The van der Waals surface area contributed by atoms with Crippen LogP contribution in [0, 0.1) is 5.41 Å². The molecule has 1 aliphatic rings. The summed E-state index contributed by atoms with van der Waals surface area (Å²) < 4.78 is 9.01. The Hall–Kier alpha value is -4.70. The lowest BCUT2D eigenvalue weighted by Crippen LogP contribution is -2.44. The van der Waals surface area contributed by atoms with E-state index in [1.54, 1.807) is 22.4 Å². The van der Waals surface area contributed by atoms with E-state index < -0.39 is 0 Å². The predicted octanol–water partition coefficient (Wildman–Crippen LogP) is 4.08. The van der Waals surface area contributed by atoms with E-state index in [9.17, 15) is 4.79 Å². The zero-order chi connectivity index (χ0) is 26.2. The van der Waals surface area contributed by atoms with Crippen molar-refractivity contribution in [2.45, 2.75) is 13.0 Å². The summed E-state index contributed by atoms with van der Waals surface area (Å²) in [6, 6.07) is 19.6. The summed E-state index contributed by atoms with van der Waals surface area (Å²) in [5.74, 6) is 2.05. The van der Waals surface area contributed by atoms with Crippen molar-refractivity contribution < 1.29 is 4.74 Å². The number of benzene rings is 2. The molecule has 38 heavy (non-hydrogen) atoms. The molecule has 0 radical (unpaired) electrons. The molecule has 5 aromatic rings. The molecule has 192 valence electrons. The van der Waals surface area contributed by atoms with Gasteiger partial charge in [0, 0.05) is 31.4 Å². The minimum absolute atomic E-state index is 0.0994. The van der Waals surface area contributed by atoms with Crippen molar-refractivity contribution in [3.8, 4) is 16.8 Å². The first-order valence-corrected chi connectivity index (χ1v) is 12.5. The lowest BCUT2D eigenvalue weighted by molar-refractivity contribution is 0.0985. The van der Waals surface area contributed by atoms with Crippen LogP contribution in [0.2, 0.25) is 0 Å². The second kappa shape index (κ2) is 9.64. The average molecular weight is 509 g/mol. The van der Waals surface area contributed by atoms with Crippen molar-refractivity contribution in [2.75, 3.05) is 30.0 Å². The Balaban J connectivity index is 1.47. The fourth-order valence-electron chi connectivity index (χ4n) is 5.02. The molecule has 2 aromatic carbocycles. The minimum Gasteiger partial charge on any atom is -0.377 e. The van der Waals surface area contributed by atoms with E-state index in [1.165, 1.54) is 6.21 Å². The number of hydrogen-bond donors (Lipinski definition) is 3.